The Labute approximate surface area is 168 Å². The van der Waals surface area contributed by atoms with Crippen LogP contribution in [-0.4, -0.2) is 52.8 Å². The maximum absolute atomic E-state index is 13.5. The third kappa shape index (κ3) is 3.41. The molecule has 0 saturated carbocycles. The van der Waals surface area contributed by atoms with Crippen LogP contribution in [0.4, 0.5) is 0 Å². The number of likely N-dealkylation sites (tertiary alicyclic amines) is 1. The van der Waals surface area contributed by atoms with Crippen molar-refractivity contribution in [1.29, 1.82) is 0 Å². The summed E-state index contributed by atoms with van der Waals surface area (Å²) >= 11 is 0. The number of aromatic nitrogens is 2. The van der Waals surface area contributed by atoms with Crippen LogP contribution in [-0.2, 0) is 23.1 Å². The highest BCUT2D eigenvalue weighted by atomic mass is 32.2. The van der Waals surface area contributed by atoms with E-state index < -0.39 is 10.0 Å². The van der Waals surface area contributed by atoms with Gasteiger partial charge in [0, 0.05) is 25.5 Å². The largest absolute Gasteiger partial charge is 0.470 e. The average molecular weight is 412 g/mol. The number of sulfonamides is 1. The second-order valence-electron chi connectivity index (χ2n) is 7.18. The number of rotatable bonds is 4. The van der Waals surface area contributed by atoms with Crippen LogP contribution in [0.15, 0.2) is 70.4 Å². The van der Waals surface area contributed by atoms with Gasteiger partial charge in [-0.25, -0.2) is 13.4 Å². The standard InChI is InChI=1S/C20H20N4O4S/c25-29(26)19-7-3-9-22-20(19)28-18-14-23(12-16-6-4-10-27-16)13-17(18)24(29)11-15-5-1-2-8-21-15/h1-10,17-18H,11-14H2. The zero-order valence-electron chi connectivity index (χ0n) is 15.6. The first-order valence-electron chi connectivity index (χ1n) is 9.39. The summed E-state index contributed by atoms with van der Waals surface area (Å²) in [4.78, 5) is 10.8. The Morgan fingerprint density at radius 1 is 1.00 bits per heavy atom. The van der Waals surface area contributed by atoms with E-state index in [2.05, 4.69) is 14.9 Å². The van der Waals surface area contributed by atoms with E-state index >= 15 is 0 Å². The van der Waals surface area contributed by atoms with Crippen molar-refractivity contribution < 1.29 is 17.6 Å². The first-order chi connectivity index (χ1) is 14.1. The zero-order chi connectivity index (χ0) is 19.8. The summed E-state index contributed by atoms with van der Waals surface area (Å²) in [5.41, 5.74) is 0.687. The first kappa shape index (κ1) is 18.3. The number of hydrogen-bond acceptors (Lipinski definition) is 7. The minimum atomic E-state index is -3.80. The quantitative estimate of drug-likeness (QED) is 0.647. The van der Waals surface area contributed by atoms with E-state index in [1.165, 1.54) is 4.31 Å². The van der Waals surface area contributed by atoms with E-state index in [1.807, 2.05) is 30.3 Å². The van der Waals surface area contributed by atoms with Gasteiger partial charge in [-0.3, -0.25) is 9.88 Å². The summed E-state index contributed by atoms with van der Waals surface area (Å²) in [5.74, 6) is 0.991. The maximum Gasteiger partial charge on any atom is 0.249 e. The summed E-state index contributed by atoms with van der Waals surface area (Å²) in [5, 5.41) is 0. The van der Waals surface area contributed by atoms with Gasteiger partial charge >= 0.3 is 0 Å². The van der Waals surface area contributed by atoms with Crippen molar-refractivity contribution in [3.05, 3.63) is 72.6 Å². The molecule has 3 aromatic heterocycles. The van der Waals surface area contributed by atoms with E-state index in [4.69, 9.17) is 9.15 Å². The van der Waals surface area contributed by atoms with Crippen LogP contribution in [0.25, 0.3) is 0 Å². The zero-order valence-corrected chi connectivity index (χ0v) is 16.4. The predicted octanol–water partition coefficient (Wildman–Crippen LogP) is 1.91. The summed E-state index contributed by atoms with van der Waals surface area (Å²) in [6, 6.07) is 12.1. The molecule has 0 spiro atoms. The molecular formula is C20H20N4O4S. The molecule has 3 aromatic rings. The van der Waals surface area contributed by atoms with Crippen LogP contribution in [0.1, 0.15) is 11.5 Å². The van der Waals surface area contributed by atoms with Crippen LogP contribution in [0.5, 0.6) is 5.88 Å². The van der Waals surface area contributed by atoms with Gasteiger partial charge in [-0.15, -0.1) is 0 Å². The Morgan fingerprint density at radius 3 is 2.69 bits per heavy atom. The molecule has 0 aromatic carbocycles. The Morgan fingerprint density at radius 2 is 1.90 bits per heavy atom. The summed E-state index contributed by atoms with van der Waals surface area (Å²) in [6.07, 6.45) is 4.52. The van der Waals surface area contributed by atoms with Gasteiger partial charge in [0.2, 0.25) is 15.9 Å². The molecule has 1 fully saturated rings. The van der Waals surface area contributed by atoms with Crippen molar-refractivity contribution in [2.75, 3.05) is 13.1 Å². The van der Waals surface area contributed by atoms with Crippen molar-refractivity contribution in [3.63, 3.8) is 0 Å². The maximum atomic E-state index is 13.5. The Kier molecular flexibility index (Phi) is 4.57. The lowest BCUT2D eigenvalue weighted by atomic mass is 10.2. The number of ether oxygens (including phenoxy) is 1. The molecule has 0 bridgehead atoms. The van der Waals surface area contributed by atoms with E-state index in [1.54, 1.807) is 30.8 Å². The fourth-order valence-electron chi connectivity index (χ4n) is 3.94. The molecule has 2 unspecified atom stereocenters. The number of furan rings is 1. The van der Waals surface area contributed by atoms with Gasteiger partial charge in [0.1, 0.15) is 16.8 Å². The number of pyridine rings is 2. The molecule has 29 heavy (non-hydrogen) atoms. The van der Waals surface area contributed by atoms with Gasteiger partial charge < -0.3 is 9.15 Å². The van der Waals surface area contributed by atoms with E-state index in [-0.39, 0.29) is 29.5 Å². The van der Waals surface area contributed by atoms with Crippen LogP contribution in [0, 0.1) is 0 Å². The smallest absolute Gasteiger partial charge is 0.249 e. The number of nitrogens with zero attached hydrogens (tertiary/aromatic N) is 4. The molecule has 0 amide bonds. The average Bonchev–Trinajstić information content (AvgIpc) is 3.36. The van der Waals surface area contributed by atoms with E-state index in [0.29, 0.717) is 25.3 Å². The van der Waals surface area contributed by atoms with Crippen LogP contribution in [0.3, 0.4) is 0 Å². The number of fused-ring (bicyclic) bond motifs is 2. The fourth-order valence-corrected chi connectivity index (χ4v) is 5.63. The third-order valence-electron chi connectivity index (χ3n) is 5.27. The SMILES string of the molecule is O=S1(=O)c2cccnc2OC2CN(Cc3ccco3)CC2N1Cc1ccccn1. The van der Waals surface area contributed by atoms with Crippen LogP contribution >= 0.6 is 0 Å². The molecule has 5 rings (SSSR count). The predicted molar refractivity (Wildman–Crippen MR) is 103 cm³/mol. The molecule has 1 saturated heterocycles. The molecule has 5 heterocycles. The summed E-state index contributed by atoms with van der Waals surface area (Å²) < 4.78 is 40.1. The van der Waals surface area contributed by atoms with Crippen molar-refractivity contribution in [1.82, 2.24) is 19.2 Å². The van der Waals surface area contributed by atoms with Crippen molar-refractivity contribution in [3.8, 4) is 5.88 Å². The third-order valence-corrected chi connectivity index (χ3v) is 7.16. The van der Waals surface area contributed by atoms with Crippen LogP contribution in [0.2, 0.25) is 0 Å². The molecule has 9 heteroatoms. The fraction of sp³-hybridized carbons (Fsp3) is 0.300. The van der Waals surface area contributed by atoms with Gasteiger partial charge in [-0.1, -0.05) is 6.07 Å². The minimum Gasteiger partial charge on any atom is -0.470 e. The highest BCUT2D eigenvalue weighted by Crippen LogP contribution is 2.35. The molecule has 150 valence electrons. The molecule has 0 N–H and O–H groups in total. The highest BCUT2D eigenvalue weighted by Gasteiger charge is 2.47. The normalized spacial score (nSPS) is 23.7. The lowest BCUT2D eigenvalue weighted by molar-refractivity contribution is 0.143. The van der Waals surface area contributed by atoms with Gasteiger partial charge in [0.05, 0.1) is 31.1 Å². The Balaban J connectivity index is 1.52. The van der Waals surface area contributed by atoms with Gasteiger partial charge in [-0.2, -0.15) is 4.31 Å². The molecule has 2 aliphatic heterocycles. The van der Waals surface area contributed by atoms with Crippen molar-refractivity contribution in [2.24, 2.45) is 0 Å². The van der Waals surface area contributed by atoms with Gasteiger partial charge in [0.15, 0.2) is 0 Å². The molecule has 2 aliphatic rings. The van der Waals surface area contributed by atoms with E-state index in [9.17, 15) is 8.42 Å². The lowest BCUT2D eigenvalue weighted by Gasteiger charge is -2.27. The van der Waals surface area contributed by atoms with Gasteiger partial charge in [-0.05, 0) is 36.4 Å². The monoisotopic (exact) mass is 412 g/mol. The van der Waals surface area contributed by atoms with Gasteiger partial charge in [0.25, 0.3) is 0 Å². The highest BCUT2D eigenvalue weighted by molar-refractivity contribution is 7.89. The molecular weight excluding hydrogens is 392 g/mol. The van der Waals surface area contributed by atoms with E-state index in [0.717, 1.165) is 5.76 Å². The van der Waals surface area contributed by atoms with Crippen molar-refractivity contribution in [2.45, 2.75) is 30.1 Å². The summed E-state index contributed by atoms with van der Waals surface area (Å²) in [6.45, 7) is 1.88. The number of hydrogen-bond donors (Lipinski definition) is 0. The molecule has 0 aliphatic carbocycles. The molecule has 2 atom stereocenters. The van der Waals surface area contributed by atoms with Crippen LogP contribution < -0.4 is 4.74 Å². The minimum absolute atomic E-state index is 0.0999. The topological polar surface area (TPSA) is 88.8 Å². The summed E-state index contributed by atoms with van der Waals surface area (Å²) in [7, 11) is -3.80. The first-order valence-corrected chi connectivity index (χ1v) is 10.8. The Hall–Kier alpha value is -2.75. The second kappa shape index (κ2) is 7.25. The second-order valence-corrected chi connectivity index (χ2v) is 9.03. The lowest BCUT2D eigenvalue weighted by Crippen LogP contribution is -2.46. The molecule has 0 radical (unpaired) electrons. The van der Waals surface area contributed by atoms with Crippen molar-refractivity contribution >= 4 is 10.0 Å². The molecule has 8 nitrogen and oxygen atoms in total. The Bertz CT molecular complexity index is 1090.